The zero-order valence-electron chi connectivity index (χ0n) is 11.0. The molecule has 19 heavy (non-hydrogen) atoms. The Morgan fingerprint density at radius 2 is 1.95 bits per heavy atom. The van der Waals surface area contributed by atoms with E-state index in [-0.39, 0.29) is 6.04 Å². The van der Waals surface area contributed by atoms with Gasteiger partial charge in [0.05, 0.1) is 13.2 Å². The Morgan fingerprint density at radius 3 is 2.63 bits per heavy atom. The van der Waals surface area contributed by atoms with Crippen molar-refractivity contribution in [3.8, 4) is 5.75 Å². The number of hydrazine groups is 1. The number of ether oxygens (including phenoxy) is 1. The van der Waals surface area contributed by atoms with Crippen molar-refractivity contribution in [2.45, 2.75) is 13.0 Å². The van der Waals surface area contributed by atoms with Crippen molar-refractivity contribution >= 4 is 15.9 Å². The van der Waals surface area contributed by atoms with Gasteiger partial charge in [-0.1, -0.05) is 40.2 Å². The van der Waals surface area contributed by atoms with E-state index in [0.717, 1.165) is 21.3 Å². The van der Waals surface area contributed by atoms with Gasteiger partial charge in [0.15, 0.2) is 0 Å². The van der Waals surface area contributed by atoms with Crippen molar-refractivity contribution in [3.05, 3.63) is 63.6 Å². The van der Waals surface area contributed by atoms with Crippen LogP contribution in [0.2, 0.25) is 0 Å². The standard InChI is InChI=1S/C15H17BrN2O/c1-10-13(7-4-8-14(10)16)15(18-17)11-5-3-6-12(9-11)19-2/h3-9,15,18H,17H2,1-2H3. The smallest absolute Gasteiger partial charge is 0.119 e. The molecule has 1 unspecified atom stereocenters. The SMILES string of the molecule is COc1cccc(C(NN)c2cccc(Br)c2C)c1. The number of nitrogens with two attached hydrogens (primary N) is 1. The van der Waals surface area contributed by atoms with Crippen LogP contribution in [-0.2, 0) is 0 Å². The third-order valence-electron chi connectivity index (χ3n) is 3.21. The number of rotatable bonds is 4. The summed E-state index contributed by atoms with van der Waals surface area (Å²) in [5.74, 6) is 6.57. The topological polar surface area (TPSA) is 47.3 Å². The fourth-order valence-corrected chi connectivity index (χ4v) is 2.51. The van der Waals surface area contributed by atoms with Crippen LogP contribution in [0.15, 0.2) is 46.9 Å². The molecule has 0 amide bonds. The molecule has 2 aromatic carbocycles. The molecule has 1 atom stereocenters. The lowest BCUT2D eigenvalue weighted by molar-refractivity contribution is 0.413. The molecule has 0 bridgehead atoms. The van der Waals surface area contributed by atoms with Gasteiger partial charge in [0.2, 0.25) is 0 Å². The minimum atomic E-state index is -0.0624. The Hall–Kier alpha value is -1.36. The summed E-state index contributed by atoms with van der Waals surface area (Å²) >= 11 is 3.55. The van der Waals surface area contributed by atoms with Crippen molar-refractivity contribution in [2.75, 3.05) is 7.11 Å². The number of benzene rings is 2. The van der Waals surface area contributed by atoms with Gasteiger partial charge in [-0.15, -0.1) is 0 Å². The fraction of sp³-hybridized carbons (Fsp3) is 0.200. The number of hydrogen-bond acceptors (Lipinski definition) is 3. The van der Waals surface area contributed by atoms with E-state index in [1.807, 2.05) is 36.4 Å². The van der Waals surface area contributed by atoms with Gasteiger partial charge in [0.25, 0.3) is 0 Å². The van der Waals surface area contributed by atoms with Crippen LogP contribution in [-0.4, -0.2) is 7.11 Å². The second kappa shape index (κ2) is 6.19. The molecule has 0 spiro atoms. The highest BCUT2D eigenvalue weighted by Gasteiger charge is 2.16. The number of methoxy groups -OCH3 is 1. The molecule has 0 aliphatic carbocycles. The summed E-state index contributed by atoms with van der Waals surface area (Å²) in [6.45, 7) is 2.07. The third-order valence-corrected chi connectivity index (χ3v) is 4.07. The molecule has 0 aromatic heterocycles. The van der Waals surface area contributed by atoms with Gasteiger partial charge in [0.1, 0.15) is 5.75 Å². The summed E-state index contributed by atoms with van der Waals surface area (Å²) < 4.78 is 6.34. The summed E-state index contributed by atoms with van der Waals surface area (Å²) in [4.78, 5) is 0. The first-order valence-electron chi connectivity index (χ1n) is 6.02. The van der Waals surface area contributed by atoms with E-state index < -0.39 is 0 Å². The highest BCUT2D eigenvalue weighted by molar-refractivity contribution is 9.10. The molecule has 0 aliphatic heterocycles. The van der Waals surface area contributed by atoms with Gasteiger partial charge < -0.3 is 4.74 Å². The summed E-state index contributed by atoms with van der Waals surface area (Å²) in [7, 11) is 1.66. The lowest BCUT2D eigenvalue weighted by Crippen LogP contribution is -2.29. The average Bonchev–Trinajstić information content (AvgIpc) is 2.44. The largest absolute Gasteiger partial charge is 0.497 e. The second-order valence-electron chi connectivity index (χ2n) is 4.33. The van der Waals surface area contributed by atoms with Crippen LogP contribution < -0.4 is 16.0 Å². The molecule has 0 aliphatic rings. The molecular formula is C15H17BrN2O. The van der Waals surface area contributed by atoms with Crippen LogP contribution in [0.4, 0.5) is 0 Å². The van der Waals surface area contributed by atoms with E-state index in [1.54, 1.807) is 7.11 Å². The van der Waals surface area contributed by atoms with Gasteiger partial charge in [-0.2, -0.15) is 0 Å². The van der Waals surface area contributed by atoms with E-state index in [0.29, 0.717) is 0 Å². The van der Waals surface area contributed by atoms with Crippen molar-refractivity contribution in [1.82, 2.24) is 5.43 Å². The molecule has 2 aromatic rings. The maximum atomic E-state index is 5.74. The maximum absolute atomic E-state index is 5.74. The van der Waals surface area contributed by atoms with E-state index in [1.165, 1.54) is 5.56 Å². The molecular weight excluding hydrogens is 304 g/mol. The Labute approximate surface area is 121 Å². The molecule has 0 heterocycles. The molecule has 0 fully saturated rings. The lowest BCUT2D eigenvalue weighted by atomic mass is 9.95. The van der Waals surface area contributed by atoms with E-state index in [2.05, 4.69) is 34.3 Å². The molecule has 3 nitrogen and oxygen atoms in total. The highest BCUT2D eigenvalue weighted by Crippen LogP contribution is 2.29. The minimum absolute atomic E-state index is 0.0624. The first-order valence-corrected chi connectivity index (χ1v) is 6.81. The number of nitrogens with one attached hydrogen (secondary N) is 1. The normalized spacial score (nSPS) is 12.2. The first-order chi connectivity index (χ1) is 9.17. The maximum Gasteiger partial charge on any atom is 0.119 e. The van der Waals surface area contributed by atoms with Gasteiger partial charge in [0, 0.05) is 4.47 Å². The quantitative estimate of drug-likeness (QED) is 0.671. The molecule has 0 saturated heterocycles. The Kier molecular flexibility index (Phi) is 4.58. The third kappa shape index (κ3) is 2.97. The first kappa shape index (κ1) is 14.1. The van der Waals surface area contributed by atoms with Crippen LogP contribution in [0.3, 0.4) is 0 Å². The Bertz CT molecular complexity index is 572. The fourth-order valence-electron chi connectivity index (χ4n) is 2.12. The predicted molar refractivity (Wildman–Crippen MR) is 81.0 cm³/mol. The molecule has 0 radical (unpaired) electrons. The molecule has 3 N–H and O–H groups in total. The minimum Gasteiger partial charge on any atom is -0.497 e. The number of halogens is 1. The summed E-state index contributed by atoms with van der Waals surface area (Å²) in [5.41, 5.74) is 6.27. The zero-order valence-corrected chi connectivity index (χ0v) is 12.6. The van der Waals surface area contributed by atoms with Gasteiger partial charge in [-0.05, 0) is 41.8 Å². The van der Waals surface area contributed by atoms with Crippen LogP contribution in [0, 0.1) is 6.92 Å². The van der Waals surface area contributed by atoms with Crippen LogP contribution in [0.1, 0.15) is 22.7 Å². The Balaban J connectivity index is 2.46. The molecule has 4 heteroatoms. The number of hydrogen-bond donors (Lipinski definition) is 2. The monoisotopic (exact) mass is 320 g/mol. The van der Waals surface area contributed by atoms with Crippen molar-refractivity contribution < 1.29 is 4.74 Å². The lowest BCUT2D eigenvalue weighted by Gasteiger charge is -2.20. The van der Waals surface area contributed by atoms with E-state index in [4.69, 9.17) is 10.6 Å². The summed E-state index contributed by atoms with van der Waals surface area (Å²) in [5, 5.41) is 0. The molecule has 2 rings (SSSR count). The van der Waals surface area contributed by atoms with Crippen LogP contribution >= 0.6 is 15.9 Å². The van der Waals surface area contributed by atoms with Gasteiger partial charge in [-0.3, -0.25) is 5.84 Å². The molecule has 0 saturated carbocycles. The van der Waals surface area contributed by atoms with Crippen molar-refractivity contribution in [3.63, 3.8) is 0 Å². The Morgan fingerprint density at radius 1 is 1.21 bits per heavy atom. The average molecular weight is 321 g/mol. The molecule has 100 valence electrons. The summed E-state index contributed by atoms with van der Waals surface area (Å²) in [6.07, 6.45) is 0. The zero-order chi connectivity index (χ0) is 13.8. The van der Waals surface area contributed by atoms with Crippen LogP contribution in [0.5, 0.6) is 5.75 Å². The van der Waals surface area contributed by atoms with Gasteiger partial charge in [-0.25, -0.2) is 5.43 Å². The predicted octanol–water partition coefficient (Wildman–Crippen LogP) is 3.32. The van der Waals surface area contributed by atoms with E-state index >= 15 is 0 Å². The highest BCUT2D eigenvalue weighted by atomic mass is 79.9. The summed E-state index contributed by atoms with van der Waals surface area (Å²) in [6, 6.07) is 14.0. The second-order valence-corrected chi connectivity index (χ2v) is 5.18. The van der Waals surface area contributed by atoms with Crippen LogP contribution in [0.25, 0.3) is 0 Å². The van der Waals surface area contributed by atoms with Crippen molar-refractivity contribution in [1.29, 1.82) is 0 Å². The van der Waals surface area contributed by atoms with E-state index in [9.17, 15) is 0 Å². The van der Waals surface area contributed by atoms with Crippen molar-refractivity contribution in [2.24, 2.45) is 5.84 Å². The van der Waals surface area contributed by atoms with Gasteiger partial charge >= 0.3 is 0 Å².